The molecule has 168 valence electrons. The molecule has 4 aromatic rings. The Morgan fingerprint density at radius 3 is 2.24 bits per heavy atom. The summed E-state index contributed by atoms with van der Waals surface area (Å²) in [5.41, 5.74) is 3.44. The molecule has 0 aliphatic heterocycles. The number of methoxy groups -OCH3 is 2. The van der Waals surface area contributed by atoms with Crippen LogP contribution >= 0.6 is 23.2 Å². The first-order chi connectivity index (χ1) is 16.0. The molecule has 2 amide bonds. The van der Waals surface area contributed by atoms with Crippen molar-refractivity contribution in [2.24, 2.45) is 0 Å². The van der Waals surface area contributed by atoms with Gasteiger partial charge in [-0.25, -0.2) is 9.48 Å². The number of rotatable bonds is 6. The number of halogens is 2. The van der Waals surface area contributed by atoms with Crippen molar-refractivity contribution in [1.82, 2.24) is 15.0 Å². The normalized spacial score (nSPS) is 10.5. The first-order valence-corrected chi connectivity index (χ1v) is 10.5. The standard InChI is InChI=1S/C23H19Cl2N5O3/c1-32-21-10-3-14(11-22(21)33-2)20-13-30(29-28-20)17-7-4-15(5-8-17)26-23(31)27-16-6-9-18(24)19(25)12-16/h3-13H,1-2H3,(H2,26,27,31). The van der Waals surface area contributed by atoms with Crippen LogP contribution in [0.1, 0.15) is 0 Å². The highest BCUT2D eigenvalue weighted by Gasteiger charge is 2.11. The number of ether oxygens (including phenoxy) is 2. The van der Waals surface area contributed by atoms with Crippen molar-refractivity contribution in [2.45, 2.75) is 0 Å². The molecule has 10 heteroatoms. The molecule has 0 saturated carbocycles. The van der Waals surface area contributed by atoms with E-state index in [2.05, 4.69) is 20.9 Å². The Hall–Kier alpha value is -3.75. The number of anilines is 2. The van der Waals surface area contributed by atoms with Crippen molar-refractivity contribution in [1.29, 1.82) is 0 Å². The fraction of sp³-hybridized carbons (Fsp3) is 0.0870. The highest BCUT2D eigenvalue weighted by Crippen LogP contribution is 2.31. The van der Waals surface area contributed by atoms with Gasteiger partial charge in [-0.3, -0.25) is 0 Å². The third-order valence-electron chi connectivity index (χ3n) is 4.74. The molecule has 8 nitrogen and oxygen atoms in total. The molecule has 0 atom stereocenters. The molecule has 0 saturated heterocycles. The highest BCUT2D eigenvalue weighted by molar-refractivity contribution is 6.42. The van der Waals surface area contributed by atoms with Gasteiger partial charge in [0.05, 0.1) is 36.1 Å². The summed E-state index contributed by atoms with van der Waals surface area (Å²) in [5, 5.41) is 14.7. The summed E-state index contributed by atoms with van der Waals surface area (Å²) in [6.07, 6.45) is 1.81. The molecule has 33 heavy (non-hydrogen) atoms. The van der Waals surface area contributed by atoms with Gasteiger partial charge >= 0.3 is 6.03 Å². The number of carbonyl (C=O) groups excluding carboxylic acids is 1. The average molecular weight is 484 g/mol. The summed E-state index contributed by atoms with van der Waals surface area (Å²) < 4.78 is 12.3. The first-order valence-electron chi connectivity index (χ1n) is 9.75. The molecule has 0 bridgehead atoms. The Bertz CT molecular complexity index is 1290. The van der Waals surface area contributed by atoms with Crippen LogP contribution in [0.3, 0.4) is 0 Å². The lowest BCUT2D eigenvalue weighted by Crippen LogP contribution is -2.19. The molecular weight excluding hydrogens is 465 g/mol. The van der Waals surface area contributed by atoms with Crippen LogP contribution < -0.4 is 20.1 Å². The van der Waals surface area contributed by atoms with Gasteiger partial charge in [0, 0.05) is 16.9 Å². The number of aromatic nitrogens is 3. The average Bonchev–Trinajstić information content (AvgIpc) is 3.32. The lowest BCUT2D eigenvalue weighted by Gasteiger charge is -2.09. The predicted octanol–water partition coefficient (Wildman–Crippen LogP) is 5.90. The minimum Gasteiger partial charge on any atom is -0.493 e. The maximum atomic E-state index is 12.2. The molecular formula is C23H19Cl2N5O3. The Labute approximate surface area is 200 Å². The van der Waals surface area contributed by atoms with Gasteiger partial charge in [0.1, 0.15) is 5.69 Å². The second kappa shape index (κ2) is 9.81. The zero-order valence-electron chi connectivity index (χ0n) is 17.7. The Kier molecular flexibility index (Phi) is 6.67. The summed E-state index contributed by atoms with van der Waals surface area (Å²) in [6, 6.07) is 17.2. The second-order valence-corrected chi connectivity index (χ2v) is 7.69. The summed E-state index contributed by atoms with van der Waals surface area (Å²) in [6.45, 7) is 0. The molecule has 4 rings (SSSR count). The van der Waals surface area contributed by atoms with Gasteiger partial charge in [-0.05, 0) is 60.7 Å². The van der Waals surface area contributed by atoms with Crippen molar-refractivity contribution in [3.05, 3.63) is 76.9 Å². The van der Waals surface area contributed by atoms with Crippen LogP contribution in [0, 0.1) is 0 Å². The molecule has 1 aromatic heterocycles. The molecule has 1 heterocycles. The van der Waals surface area contributed by atoms with E-state index in [1.54, 1.807) is 55.4 Å². The van der Waals surface area contributed by atoms with Crippen molar-refractivity contribution < 1.29 is 14.3 Å². The quantitative estimate of drug-likeness (QED) is 0.356. The van der Waals surface area contributed by atoms with E-state index in [4.69, 9.17) is 32.7 Å². The fourth-order valence-corrected chi connectivity index (χ4v) is 3.38. The predicted molar refractivity (Wildman–Crippen MR) is 129 cm³/mol. The van der Waals surface area contributed by atoms with E-state index in [-0.39, 0.29) is 0 Å². The van der Waals surface area contributed by atoms with Crippen LogP contribution in [-0.4, -0.2) is 35.2 Å². The van der Waals surface area contributed by atoms with Crippen LogP contribution in [0.5, 0.6) is 11.5 Å². The second-order valence-electron chi connectivity index (χ2n) is 6.87. The van der Waals surface area contributed by atoms with Crippen molar-refractivity contribution in [2.75, 3.05) is 24.9 Å². The van der Waals surface area contributed by atoms with Crippen LogP contribution in [0.2, 0.25) is 10.0 Å². The smallest absolute Gasteiger partial charge is 0.323 e. The maximum Gasteiger partial charge on any atom is 0.323 e. The summed E-state index contributed by atoms with van der Waals surface area (Å²) in [4.78, 5) is 12.2. The Morgan fingerprint density at radius 1 is 0.848 bits per heavy atom. The molecule has 0 unspecified atom stereocenters. The molecule has 0 spiro atoms. The van der Waals surface area contributed by atoms with Gasteiger partial charge in [-0.2, -0.15) is 0 Å². The number of hydrogen-bond acceptors (Lipinski definition) is 5. The Balaban J connectivity index is 1.44. The van der Waals surface area contributed by atoms with E-state index in [1.165, 1.54) is 0 Å². The summed E-state index contributed by atoms with van der Waals surface area (Å²) in [7, 11) is 3.17. The third kappa shape index (κ3) is 5.19. The van der Waals surface area contributed by atoms with E-state index in [0.29, 0.717) is 38.6 Å². The SMILES string of the molecule is COc1ccc(-c2cn(-c3ccc(NC(=O)Nc4ccc(Cl)c(Cl)c4)cc3)nn2)cc1OC. The third-order valence-corrected chi connectivity index (χ3v) is 5.48. The number of nitrogens with zero attached hydrogens (tertiary/aromatic N) is 3. The first kappa shape index (κ1) is 22.4. The van der Waals surface area contributed by atoms with E-state index in [9.17, 15) is 4.79 Å². The lowest BCUT2D eigenvalue weighted by molar-refractivity contribution is 0.262. The number of hydrogen-bond donors (Lipinski definition) is 2. The topological polar surface area (TPSA) is 90.3 Å². The Morgan fingerprint density at radius 2 is 1.55 bits per heavy atom. The van der Waals surface area contributed by atoms with Gasteiger partial charge in [0.15, 0.2) is 11.5 Å². The number of nitrogens with one attached hydrogen (secondary N) is 2. The molecule has 3 aromatic carbocycles. The number of benzene rings is 3. The highest BCUT2D eigenvalue weighted by atomic mass is 35.5. The number of amides is 2. The van der Waals surface area contributed by atoms with Crippen molar-refractivity contribution in [3.63, 3.8) is 0 Å². The monoisotopic (exact) mass is 483 g/mol. The molecule has 0 aliphatic rings. The molecule has 0 fully saturated rings. The van der Waals surface area contributed by atoms with Gasteiger partial charge < -0.3 is 20.1 Å². The fourth-order valence-electron chi connectivity index (χ4n) is 3.08. The minimum atomic E-state index is -0.405. The van der Waals surface area contributed by atoms with Gasteiger partial charge in [0.2, 0.25) is 0 Å². The zero-order chi connectivity index (χ0) is 23.4. The summed E-state index contributed by atoms with van der Waals surface area (Å²) in [5.74, 6) is 1.25. The van der Waals surface area contributed by atoms with Crippen LogP contribution in [-0.2, 0) is 0 Å². The van der Waals surface area contributed by atoms with Gasteiger partial charge in [0.25, 0.3) is 0 Å². The zero-order valence-corrected chi connectivity index (χ0v) is 19.2. The van der Waals surface area contributed by atoms with Crippen LogP contribution in [0.25, 0.3) is 16.9 Å². The van der Waals surface area contributed by atoms with E-state index >= 15 is 0 Å². The van der Waals surface area contributed by atoms with E-state index in [0.717, 1.165) is 11.3 Å². The number of urea groups is 1. The summed E-state index contributed by atoms with van der Waals surface area (Å²) >= 11 is 11.9. The molecule has 0 radical (unpaired) electrons. The van der Waals surface area contributed by atoms with E-state index in [1.807, 2.05) is 30.3 Å². The molecule has 0 aliphatic carbocycles. The maximum absolute atomic E-state index is 12.2. The largest absolute Gasteiger partial charge is 0.493 e. The number of carbonyl (C=O) groups is 1. The van der Waals surface area contributed by atoms with Crippen LogP contribution in [0.15, 0.2) is 66.9 Å². The van der Waals surface area contributed by atoms with Gasteiger partial charge in [-0.15, -0.1) is 5.10 Å². The van der Waals surface area contributed by atoms with Crippen LogP contribution in [0.4, 0.5) is 16.2 Å². The molecule has 2 N–H and O–H groups in total. The minimum absolute atomic E-state index is 0.360. The van der Waals surface area contributed by atoms with Crippen molar-refractivity contribution >= 4 is 40.6 Å². The lowest BCUT2D eigenvalue weighted by atomic mass is 10.1. The van der Waals surface area contributed by atoms with E-state index < -0.39 is 6.03 Å². The van der Waals surface area contributed by atoms with Gasteiger partial charge in [-0.1, -0.05) is 28.4 Å². The van der Waals surface area contributed by atoms with Crippen molar-refractivity contribution in [3.8, 4) is 28.4 Å².